The fraction of sp³-hybridized carbons (Fsp3) is 0.118. The molecule has 25 heavy (non-hydrogen) atoms. The lowest BCUT2D eigenvalue weighted by molar-refractivity contribution is -0.115. The molecule has 0 N–H and O–H groups in total. The number of nitriles is 1. The largest absolute Gasteiger partial charge is 0.273 e. The lowest BCUT2D eigenvalue weighted by Crippen LogP contribution is -2.28. The Labute approximate surface area is 149 Å². The highest BCUT2D eigenvalue weighted by atomic mass is 32.2. The number of rotatable bonds is 2. The van der Waals surface area contributed by atoms with E-state index in [0.29, 0.717) is 16.2 Å². The summed E-state index contributed by atoms with van der Waals surface area (Å²) >= 11 is 2.39. The maximum atomic E-state index is 14.2. The minimum Gasteiger partial charge on any atom is -0.273 e. The van der Waals surface area contributed by atoms with Crippen molar-refractivity contribution in [1.29, 1.82) is 5.26 Å². The Bertz CT molecular complexity index is 1020. The van der Waals surface area contributed by atoms with Crippen LogP contribution in [-0.2, 0) is 4.79 Å². The van der Waals surface area contributed by atoms with Gasteiger partial charge in [-0.1, -0.05) is 17.4 Å². The number of thioether (sulfide) groups is 1. The summed E-state index contributed by atoms with van der Waals surface area (Å²) in [6.45, 7) is 0. The monoisotopic (exact) mass is 373 g/mol. The van der Waals surface area contributed by atoms with E-state index >= 15 is 0 Å². The SMILES string of the molecule is N#Cc1ccc2nc(N3C(=O)CSC3c3c(F)cccc3F)sc2c1. The van der Waals surface area contributed by atoms with Crippen molar-refractivity contribution in [3.05, 3.63) is 59.2 Å². The molecule has 2 aromatic carbocycles. The zero-order valence-corrected chi connectivity index (χ0v) is 14.2. The van der Waals surface area contributed by atoms with Gasteiger partial charge in [-0.2, -0.15) is 5.26 Å². The smallest absolute Gasteiger partial charge is 0.240 e. The number of carbonyl (C=O) groups is 1. The molecule has 0 saturated carbocycles. The molecule has 1 atom stereocenters. The van der Waals surface area contributed by atoms with Gasteiger partial charge in [-0.3, -0.25) is 9.69 Å². The van der Waals surface area contributed by atoms with Crippen molar-refractivity contribution in [2.75, 3.05) is 10.7 Å². The van der Waals surface area contributed by atoms with Crippen LogP contribution in [-0.4, -0.2) is 16.6 Å². The number of nitrogens with zero attached hydrogens (tertiary/aromatic N) is 3. The Kier molecular flexibility index (Phi) is 3.90. The molecule has 1 aliphatic rings. The number of carbonyl (C=O) groups excluding carboxylic acids is 1. The summed E-state index contributed by atoms with van der Waals surface area (Å²) in [5.74, 6) is -1.51. The van der Waals surface area contributed by atoms with Gasteiger partial charge >= 0.3 is 0 Å². The van der Waals surface area contributed by atoms with Gasteiger partial charge in [0.2, 0.25) is 5.91 Å². The molecule has 0 radical (unpaired) electrons. The minimum absolute atomic E-state index is 0.123. The van der Waals surface area contributed by atoms with Crippen LogP contribution in [0.15, 0.2) is 36.4 Å². The van der Waals surface area contributed by atoms with Gasteiger partial charge in [0.1, 0.15) is 17.0 Å². The number of thiazole rings is 1. The highest BCUT2D eigenvalue weighted by Crippen LogP contribution is 2.45. The van der Waals surface area contributed by atoms with Gasteiger partial charge in [0.05, 0.1) is 33.2 Å². The van der Waals surface area contributed by atoms with Crippen LogP contribution in [0.4, 0.5) is 13.9 Å². The normalized spacial score (nSPS) is 17.2. The van der Waals surface area contributed by atoms with Crippen molar-refractivity contribution in [3.63, 3.8) is 0 Å². The van der Waals surface area contributed by atoms with Crippen LogP contribution in [0.25, 0.3) is 10.2 Å². The van der Waals surface area contributed by atoms with Crippen LogP contribution < -0.4 is 4.90 Å². The summed E-state index contributed by atoms with van der Waals surface area (Å²) < 4.78 is 29.1. The van der Waals surface area contributed by atoms with Crippen LogP contribution >= 0.6 is 23.1 Å². The molecule has 0 bridgehead atoms. The van der Waals surface area contributed by atoms with Gasteiger partial charge in [0, 0.05) is 0 Å². The van der Waals surface area contributed by atoms with Crippen molar-refractivity contribution in [2.45, 2.75) is 5.37 Å². The quantitative estimate of drug-likeness (QED) is 0.675. The van der Waals surface area contributed by atoms with E-state index in [0.717, 1.165) is 16.5 Å². The minimum atomic E-state index is -0.801. The Balaban J connectivity index is 1.82. The summed E-state index contributed by atoms with van der Waals surface area (Å²) in [5, 5.41) is 8.56. The van der Waals surface area contributed by atoms with Crippen LogP contribution in [0, 0.1) is 23.0 Å². The third kappa shape index (κ3) is 2.65. The first-order valence-electron chi connectivity index (χ1n) is 7.27. The van der Waals surface area contributed by atoms with E-state index in [2.05, 4.69) is 11.1 Å². The second-order valence-corrected chi connectivity index (χ2v) is 7.43. The van der Waals surface area contributed by atoms with Crippen molar-refractivity contribution in [3.8, 4) is 6.07 Å². The van der Waals surface area contributed by atoms with Crippen molar-refractivity contribution in [1.82, 2.24) is 4.98 Å². The fourth-order valence-electron chi connectivity index (χ4n) is 2.68. The molecule has 1 aliphatic heterocycles. The average Bonchev–Trinajstić information content (AvgIpc) is 3.17. The zero-order valence-electron chi connectivity index (χ0n) is 12.6. The first-order valence-corrected chi connectivity index (χ1v) is 9.13. The van der Waals surface area contributed by atoms with Gasteiger partial charge in [0.25, 0.3) is 0 Å². The van der Waals surface area contributed by atoms with E-state index < -0.39 is 17.0 Å². The number of amides is 1. The maximum Gasteiger partial charge on any atom is 0.240 e. The molecule has 2 heterocycles. The van der Waals surface area contributed by atoms with E-state index in [-0.39, 0.29) is 17.2 Å². The number of hydrogen-bond donors (Lipinski definition) is 0. The highest BCUT2D eigenvalue weighted by molar-refractivity contribution is 8.00. The van der Waals surface area contributed by atoms with Gasteiger partial charge in [-0.15, -0.1) is 11.8 Å². The number of aromatic nitrogens is 1. The van der Waals surface area contributed by atoms with Gasteiger partial charge < -0.3 is 0 Å². The summed E-state index contributed by atoms with van der Waals surface area (Å²) in [5.41, 5.74) is 0.980. The molecule has 1 amide bonds. The third-order valence-electron chi connectivity index (χ3n) is 3.83. The Morgan fingerprint density at radius 3 is 2.72 bits per heavy atom. The summed E-state index contributed by atoms with van der Waals surface area (Å²) in [4.78, 5) is 18.1. The molecule has 8 heteroatoms. The third-order valence-corrected chi connectivity index (χ3v) is 6.02. The Hall–Kier alpha value is -2.50. The Morgan fingerprint density at radius 1 is 1.24 bits per heavy atom. The van der Waals surface area contributed by atoms with Crippen LogP contribution in [0.5, 0.6) is 0 Å². The maximum absolute atomic E-state index is 14.2. The van der Waals surface area contributed by atoms with Crippen LogP contribution in [0.2, 0.25) is 0 Å². The van der Waals surface area contributed by atoms with Crippen LogP contribution in [0.1, 0.15) is 16.5 Å². The van der Waals surface area contributed by atoms with E-state index in [1.807, 2.05) is 0 Å². The molecule has 1 aromatic heterocycles. The molecule has 1 unspecified atom stereocenters. The number of benzene rings is 2. The standard InChI is InChI=1S/C17H9F2N3OS2/c18-10-2-1-3-11(19)15(10)16-22(14(23)8-24-16)17-21-12-5-4-9(7-20)6-13(12)25-17/h1-6,16H,8H2. The van der Waals surface area contributed by atoms with Crippen molar-refractivity contribution >= 4 is 44.4 Å². The molecular weight excluding hydrogens is 364 g/mol. The number of fused-ring (bicyclic) bond motifs is 1. The lowest BCUT2D eigenvalue weighted by Gasteiger charge is -2.22. The number of halogens is 2. The number of anilines is 1. The first-order chi connectivity index (χ1) is 12.1. The van der Waals surface area contributed by atoms with E-state index in [4.69, 9.17) is 5.26 Å². The average molecular weight is 373 g/mol. The molecule has 0 aliphatic carbocycles. The predicted molar refractivity (Wildman–Crippen MR) is 93.4 cm³/mol. The first kappa shape index (κ1) is 16.0. The van der Waals surface area contributed by atoms with E-state index in [9.17, 15) is 13.6 Å². The highest BCUT2D eigenvalue weighted by Gasteiger charge is 2.38. The van der Waals surface area contributed by atoms with Crippen molar-refractivity contribution < 1.29 is 13.6 Å². The molecule has 0 spiro atoms. The fourth-order valence-corrected chi connectivity index (χ4v) is 4.99. The van der Waals surface area contributed by atoms with E-state index in [1.54, 1.807) is 18.2 Å². The predicted octanol–water partition coefficient (Wildman–Crippen LogP) is 4.22. The van der Waals surface area contributed by atoms with E-state index in [1.165, 1.54) is 34.4 Å². The molecule has 3 aromatic rings. The second kappa shape index (κ2) is 6.10. The lowest BCUT2D eigenvalue weighted by atomic mass is 10.2. The molecule has 1 saturated heterocycles. The summed E-state index contributed by atoms with van der Waals surface area (Å²) in [7, 11) is 0. The Morgan fingerprint density at radius 2 is 2.00 bits per heavy atom. The summed E-state index contributed by atoms with van der Waals surface area (Å²) in [6, 6.07) is 10.7. The molecule has 124 valence electrons. The molecular formula is C17H9F2N3OS2. The van der Waals surface area contributed by atoms with Gasteiger partial charge in [-0.25, -0.2) is 13.8 Å². The number of hydrogen-bond acceptors (Lipinski definition) is 5. The van der Waals surface area contributed by atoms with Gasteiger partial charge in [0.15, 0.2) is 5.13 Å². The molecule has 4 rings (SSSR count). The zero-order chi connectivity index (χ0) is 17.6. The molecule has 4 nitrogen and oxygen atoms in total. The van der Waals surface area contributed by atoms with Gasteiger partial charge in [-0.05, 0) is 30.3 Å². The van der Waals surface area contributed by atoms with Crippen LogP contribution in [0.3, 0.4) is 0 Å². The topological polar surface area (TPSA) is 57.0 Å². The second-order valence-electron chi connectivity index (χ2n) is 5.35. The van der Waals surface area contributed by atoms with Crippen molar-refractivity contribution in [2.24, 2.45) is 0 Å². The summed E-state index contributed by atoms with van der Waals surface area (Å²) in [6.07, 6.45) is 0. The molecule has 1 fully saturated rings.